The largest absolute Gasteiger partial charge is 0.306 e. The van der Waals surface area contributed by atoms with E-state index in [1.165, 1.54) is 12.1 Å². The third-order valence-corrected chi connectivity index (χ3v) is 4.02. The van der Waals surface area contributed by atoms with Crippen LogP contribution in [-0.4, -0.2) is 0 Å². The fourth-order valence-electron chi connectivity index (χ4n) is 1.90. The van der Waals surface area contributed by atoms with Crippen molar-refractivity contribution in [3.8, 4) is 0 Å². The summed E-state index contributed by atoms with van der Waals surface area (Å²) in [6.45, 7) is 2.18. The lowest BCUT2D eigenvalue weighted by Gasteiger charge is -2.16. The molecule has 0 fully saturated rings. The van der Waals surface area contributed by atoms with E-state index in [9.17, 15) is 8.78 Å². The van der Waals surface area contributed by atoms with Gasteiger partial charge in [0, 0.05) is 32.7 Å². The summed E-state index contributed by atoms with van der Waals surface area (Å²) in [7, 11) is 0. The third-order valence-electron chi connectivity index (χ3n) is 3.03. The average Bonchev–Trinajstić information content (AvgIpc) is 2.42. The third kappa shape index (κ3) is 3.87. The van der Waals surface area contributed by atoms with Crippen LogP contribution in [0.5, 0.6) is 0 Å². The molecule has 2 aromatic rings. The van der Waals surface area contributed by atoms with E-state index in [4.69, 9.17) is 0 Å². The molecule has 0 radical (unpaired) electrons. The van der Waals surface area contributed by atoms with Gasteiger partial charge in [-0.15, -0.1) is 0 Å². The Balaban J connectivity index is 2.10. The molecule has 0 aliphatic carbocycles. The minimum atomic E-state index is -0.275. The average molecular weight is 405 g/mol. The van der Waals surface area contributed by atoms with E-state index in [1.807, 2.05) is 6.92 Å². The van der Waals surface area contributed by atoms with Crippen LogP contribution in [0.25, 0.3) is 0 Å². The molecular weight excluding hydrogens is 392 g/mol. The Hall–Kier alpha value is -0.780. The lowest BCUT2D eigenvalue weighted by Crippen LogP contribution is -2.19. The number of benzene rings is 2. The van der Waals surface area contributed by atoms with E-state index >= 15 is 0 Å². The molecule has 2 rings (SSSR count). The summed E-state index contributed by atoms with van der Waals surface area (Å²) in [6, 6.07) is 9.35. The second-order valence-corrected chi connectivity index (χ2v) is 6.34. The number of nitrogens with one attached hydrogen (secondary N) is 1. The molecule has 0 bridgehead atoms. The molecule has 2 aromatic carbocycles. The first kappa shape index (κ1) is 15.6. The Morgan fingerprint density at radius 3 is 2.30 bits per heavy atom. The van der Waals surface area contributed by atoms with Crippen molar-refractivity contribution in [3.05, 3.63) is 68.1 Å². The molecule has 0 aromatic heterocycles. The summed E-state index contributed by atoms with van der Waals surface area (Å²) in [5, 5.41) is 3.13. The predicted octanol–water partition coefficient (Wildman–Crippen LogP) is 5.34. The second-order valence-electron chi connectivity index (χ2n) is 4.50. The van der Waals surface area contributed by atoms with Crippen LogP contribution in [0.15, 0.2) is 45.3 Å². The first-order chi connectivity index (χ1) is 9.47. The lowest BCUT2D eigenvalue weighted by molar-refractivity contribution is 0.515. The summed E-state index contributed by atoms with van der Waals surface area (Å²) in [4.78, 5) is 0. The Labute approximate surface area is 133 Å². The summed E-state index contributed by atoms with van der Waals surface area (Å²) in [5.74, 6) is -0.550. The van der Waals surface area contributed by atoms with Crippen LogP contribution in [0.3, 0.4) is 0 Å². The molecule has 0 heterocycles. The highest BCUT2D eigenvalue weighted by molar-refractivity contribution is 9.10. The van der Waals surface area contributed by atoms with Crippen molar-refractivity contribution in [2.45, 2.75) is 19.5 Å². The maximum Gasteiger partial charge on any atom is 0.128 e. The monoisotopic (exact) mass is 403 g/mol. The Morgan fingerprint density at radius 1 is 1.00 bits per heavy atom. The van der Waals surface area contributed by atoms with Gasteiger partial charge < -0.3 is 5.32 Å². The minimum absolute atomic E-state index is 0.217. The Morgan fingerprint density at radius 2 is 1.60 bits per heavy atom. The van der Waals surface area contributed by atoms with Crippen molar-refractivity contribution in [1.82, 2.24) is 5.32 Å². The van der Waals surface area contributed by atoms with E-state index < -0.39 is 0 Å². The fraction of sp³-hybridized carbons (Fsp3) is 0.200. The van der Waals surface area contributed by atoms with Gasteiger partial charge in [0.2, 0.25) is 0 Å². The number of halogens is 4. The molecule has 0 aliphatic rings. The highest BCUT2D eigenvalue weighted by Gasteiger charge is 2.12. The van der Waals surface area contributed by atoms with E-state index in [2.05, 4.69) is 37.2 Å². The topological polar surface area (TPSA) is 12.0 Å². The molecule has 0 saturated heterocycles. The molecule has 5 heteroatoms. The fourth-order valence-corrected chi connectivity index (χ4v) is 2.69. The molecular formula is C15H13Br2F2N. The quantitative estimate of drug-likeness (QED) is 0.725. The molecule has 1 N–H and O–H groups in total. The van der Waals surface area contributed by atoms with Gasteiger partial charge in [0.15, 0.2) is 0 Å². The van der Waals surface area contributed by atoms with Crippen LogP contribution in [0.1, 0.15) is 24.1 Å². The van der Waals surface area contributed by atoms with Gasteiger partial charge in [-0.3, -0.25) is 0 Å². The zero-order chi connectivity index (χ0) is 14.7. The first-order valence-corrected chi connectivity index (χ1v) is 7.68. The highest BCUT2D eigenvalue weighted by Crippen LogP contribution is 2.22. The Kier molecular flexibility index (Phi) is 5.29. The molecule has 1 unspecified atom stereocenters. The van der Waals surface area contributed by atoms with E-state index in [1.54, 1.807) is 24.3 Å². The smallest absolute Gasteiger partial charge is 0.128 e. The Bertz CT molecular complexity index is 617. The first-order valence-electron chi connectivity index (χ1n) is 6.09. The zero-order valence-corrected chi connectivity index (χ0v) is 13.9. The van der Waals surface area contributed by atoms with Gasteiger partial charge in [0.25, 0.3) is 0 Å². The summed E-state index contributed by atoms with van der Waals surface area (Å²) >= 11 is 6.63. The maximum absolute atomic E-state index is 13.7. The lowest BCUT2D eigenvalue weighted by atomic mass is 10.1. The van der Waals surface area contributed by atoms with Crippen molar-refractivity contribution >= 4 is 31.9 Å². The van der Waals surface area contributed by atoms with Crippen molar-refractivity contribution in [2.24, 2.45) is 0 Å². The van der Waals surface area contributed by atoms with Crippen LogP contribution in [0.2, 0.25) is 0 Å². The van der Waals surface area contributed by atoms with E-state index in [0.717, 1.165) is 8.95 Å². The van der Waals surface area contributed by atoms with Gasteiger partial charge in [0.05, 0.1) is 0 Å². The van der Waals surface area contributed by atoms with Gasteiger partial charge in [-0.1, -0.05) is 31.9 Å². The molecule has 0 saturated carbocycles. The van der Waals surface area contributed by atoms with Gasteiger partial charge in [-0.05, 0) is 43.3 Å². The van der Waals surface area contributed by atoms with Crippen molar-refractivity contribution in [1.29, 1.82) is 0 Å². The molecule has 106 valence electrons. The van der Waals surface area contributed by atoms with E-state index in [0.29, 0.717) is 17.7 Å². The predicted molar refractivity (Wildman–Crippen MR) is 83.5 cm³/mol. The number of hydrogen-bond acceptors (Lipinski definition) is 1. The van der Waals surface area contributed by atoms with Crippen molar-refractivity contribution in [3.63, 3.8) is 0 Å². The number of rotatable bonds is 4. The summed E-state index contributed by atoms with van der Waals surface area (Å²) < 4.78 is 29.0. The van der Waals surface area contributed by atoms with Crippen LogP contribution < -0.4 is 5.32 Å². The standard InChI is InChI=1S/C15H13Br2F2N/c1-9(13-7-12(17)3-5-15(13)19)20-8-10-6-11(16)2-4-14(10)18/h2-7,9,20H,8H2,1H3. The van der Waals surface area contributed by atoms with Gasteiger partial charge in [-0.25, -0.2) is 8.78 Å². The van der Waals surface area contributed by atoms with Crippen molar-refractivity contribution in [2.75, 3.05) is 0 Å². The molecule has 1 atom stereocenters. The van der Waals surface area contributed by atoms with Gasteiger partial charge in [-0.2, -0.15) is 0 Å². The molecule has 0 spiro atoms. The normalized spacial score (nSPS) is 12.4. The van der Waals surface area contributed by atoms with Gasteiger partial charge in [0.1, 0.15) is 11.6 Å². The van der Waals surface area contributed by atoms with Crippen molar-refractivity contribution < 1.29 is 8.78 Å². The maximum atomic E-state index is 13.7. The SMILES string of the molecule is CC(NCc1cc(Br)ccc1F)c1cc(Br)ccc1F. The van der Waals surface area contributed by atoms with Gasteiger partial charge >= 0.3 is 0 Å². The van der Waals surface area contributed by atoms with Crippen LogP contribution >= 0.6 is 31.9 Å². The van der Waals surface area contributed by atoms with E-state index in [-0.39, 0.29) is 17.7 Å². The summed E-state index contributed by atoms with van der Waals surface area (Å²) in [5.41, 5.74) is 1.09. The summed E-state index contributed by atoms with van der Waals surface area (Å²) in [6.07, 6.45) is 0. The minimum Gasteiger partial charge on any atom is -0.306 e. The molecule has 0 aliphatic heterocycles. The molecule has 1 nitrogen and oxygen atoms in total. The zero-order valence-electron chi connectivity index (χ0n) is 10.8. The van der Waals surface area contributed by atoms with Crippen LogP contribution in [-0.2, 0) is 6.54 Å². The molecule has 20 heavy (non-hydrogen) atoms. The van der Waals surface area contributed by atoms with Crippen LogP contribution in [0, 0.1) is 11.6 Å². The molecule has 0 amide bonds. The highest BCUT2D eigenvalue weighted by atomic mass is 79.9. The second kappa shape index (κ2) is 6.78. The number of hydrogen-bond donors (Lipinski definition) is 1. The van der Waals surface area contributed by atoms with Crippen LogP contribution in [0.4, 0.5) is 8.78 Å².